The van der Waals surface area contributed by atoms with Crippen LogP contribution in [0.25, 0.3) is 0 Å². The molecule has 0 atom stereocenters. The smallest absolute Gasteiger partial charge is 0.253 e. The predicted molar refractivity (Wildman–Crippen MR) is 102 cm³/mol. The molecule has 26 heavy (non-hydrogen) atoms. The van der Waals surface area contributed by atoms with Crippen molar-refractivity contribution in [3.05, 3.63) is 59.4 Å². The lowest BCUT2D eigenvalue weighted by Gasteiger charge is -2.35. The van der Waals surface area contributed by atoms with Gasteiger partial charge in [0.1, 0.15) is 0 Å². The van der Waals surface area contributed by atoms with Gasteiger partial charge < -0.3 is 14.8 Å². The summed E-state index contributed by atoms with van der Waals surface area (Å²) in [4.78, 5) is 31.7. The Hall–Kier alpha value is -2.56. The second-order valence-corrected chi connectivity index (χ2v) is 7.90. The van der Waals surface area contributed by atoms with Crippen LogP contribution in [0.1, 0.15) is 42.3 Å². The lowest BCUT2D eigenvalue weighted by atomic mass is 9.86. The molecule has 0 radical (unpaired) electrons. The lowest BCUT2D eigenvalue weighted by Crippen LogP contribution is -2.51. The fraction of sp³-hybridized carbons (Fsp3) is 0.429. The van der Waals surface area contributed by atoms with Gasteiger partial charge in [0, 0.05) is 44.1 Å². The van der Waals surface area contributed by atoms with E-state index in [1.165, 1.54) is 5.56 Å². The molecule has 0 aliphatic carbocycles. The Morgan fingerprint density at radius 1 is 0.962 bits per heavy atom. The number of hydrogen-bond acceptors (Lipinski definition) is 2. The number of amides is 2. The number of piperazine rings is 1. The van der Waals surface area contributed by atoms with Gasteiger partial charge >= 0.3 is 0 Å². The van der Waals surface area contributed by atoms with E-state index in [0.29, 0.717) is 38.2 Å². The average molecular weight is 353 g/mol. The summed E-state index contributed by atoms with van der Waals surface area (Å²) in [5.41, 5.74) is 3.00. The van der Waals surface area contributed by atoms with Gasteiger partial charge in [-0.05, 0) is 34.7 Å². The van der Waals surface area contributed by atoms with Crippen LogP contribution in [0.4, 0.5) is 0 Å². The molecule has 0 saturated carbocycles. The Labute approximate surface area is 155 Å². The van der Waals surface area contributed by atoms with Gasteiger partial charge in [-0.15, -0.1) is 0 Å². The summed E-state index contributed by atoms with van der Waals surface area (Å²) in [6, 6.07) is 9.80. The minimum Gasteiger partial charge on any atom is -0.367 e. The van der Waals surface area contributed by atoms with Crippen LogP contribution in [0, 0.1) is 0 Å². The number of carbonyl (C=O) groups is 2. The van der Waals surface area contributed by atoms with E-state index in [1.54, 1.807) is 0 Å². The first-order chi connectivity index (χ1) is 12.3. The Balaban J connectivity index is 1.55. The van der Waals surface area contributed by atoms with Gasteiger partial charge in [0.2, 0.25) is 5.91 Å². The monoisotopic (exact) mass is 353 g/mol. The molecule has 2 heterocycles. The maximum Gasteiger partial charge on any atom is 0.253 e. The summed E-state index contributed by atoms with van der Waals surface area (Å²) in [7, 11) is 0. The Morgan fingerprint density at radius 2 is 1.58 bits per heavy atom. The van der Waals surface area contributed by atoms with Gasteiger partial charge in [-0.25, -0.2) is 0 Å². The van der Waals surface area contributed by atoms with E-state index >= 15 is 0 Å². The molecule has 2 aromatic rings. The molecule has 1 aromatic carbocycles. The highest BCUT2D eigenvalue weighted by molar-refractivity contribution is 5.94. The van der Waals surface area contributed by atoms with Crippen LogP contribution < -0.4 is 0 Å². The fourth-order valence-electron chi connectivity index (χ4n) is 3.21. The van der Waals surface area contributed by atoms with Gasteiger partial charge in [0.25, 0.3) is 5.91 Å². The zero-order valence-corrected chi connectivity index (χ0v) is 15.8. The first-order valence-electron chi connectivity index (χ1n) is 9.14. The number of carbonyl (C=O) groups excluding carboxylic acids is 2. The number of aromatic nitrogens is 1. The number of hydrogen-bond donors (Lipinski definition) is 1. The van der Waals surface area contributed by atoms with Crippen molar-refractivity contribution in [3.8, 4) is 0 Å². The summed E-state index contributed by atoms with van der Waals surface area (Å²) in [6.07, 6.45) is 4.08. The van der Waals surface area contributed by atoms with Gasteiger partial charge in [-0.3, -0.25) is 9.59 Å². The SMILES string of the molecule is CC(C)(C)c1ccc(C(=O)N2CCN(C(=O)Cc3cc[nH]c3)CC2)cc1. The minimum atomic E-state index is 0.0446. The van der Waals surface area contributed by atoms with E-state index in [9.17, 15) is 9.59 Å². The number of rotatable bonds is 3. The molecule has 0 unspecified atom stereocenters. The molecule has 1 saturated heterocycles. The van der Waals surface area contributed by atoms with E-state index in [2.05, 4.69) is 25.8 Å². The number of benzene rings is 1. The molecule has 0 spiro atoms. The van der Waals surface area contributed by atoms with Crippen LogP contribution in [-0.2, 0) is 16.6 Å². The standard InChI is InChI=1S/C21H27N3O2/c1-21(2,3)18-6-4-17(5-7-18)20(26)24-12-10-23(11-13-24)19(25)14-16-8-9-22-15-16/h4-9,15,22H,10-14H2,1-3H3. The normalized spacial score (nSPS) is 15.2. The number of H-pyrrole nitrogens is 1. The summed E-state index contributed by atoms with van der Waals surface area (Å²) in [5, 5.41) is 0. The molecular formula is C21H27N3O2. The summed E-state index contributed by atoms with van der Waals surface area (Å²) >= 11 is 0. The first-order valence-corrected chi connectivity index (χ1v) is 9.14. The molecule has 1 aliphatic heterocycles. The summed E-state index contributed by atoms with van der Waals surface area (Å²) in [5.74, 6) is 0.162. The molecule has 5 heteroatoms. The van der Waals surface area contributed by atoms with Gasteiger partial charge in [-0.2, -0.15) is 0 Å². The van der Waals surface area contributed by atoms with Crippen LogP contribution in [0.15, 0.2) is 42.7 Å². The van der Waals surface area contributed by atoms with E-state index in [-0.39, 0.29) is 17.2 Å². The van der Waals surface area contributed by atoms with E-state index in [4.69, 9.17) is 0 Å². The van der Waals surface area contributed by atoms with E-state index < -0.39 is 0 Å². The fourth-order valence-corrected chi connectivity index (χ4v) is 3.21. The zero-order valence-electron chi connectivity index (χ0n) is 15.8. The molecule has 0 bridgehead atoms. The van der Waals surface area contributed by atoms with Crippen LogP contribution in [0.5, 0.6) is 0 Å². The Bertz CT molecular complexity index is 750. The van der Waals surface area contributed by atoms with Crippen molar-refractivity contribution in [2.45, 2.75) is 32.6 Å². The summed E-state index contributed by atoms with van der Waals surface area (Å²) < 4.78 is 0. The Kier molecular flexibility index (Phi) is 5.16. The van der Waals surface area contributed by atoms with Crippen LogP contribution >= 0.6 is 0 Å². The van der Waals surface area contributed by atoms with Crippen molar-refractivity contribution in [3.63, 3.8) is 0 Å². The van der Waals surface area contributed by atoms with Crippen molar-refractivity contribution in [1.82, 2.24) is 14.8 Å². The highest BCUT2D eigenvalue weighted by Crippen LogP contribution is 2.22. The third-order valence-electron chi connectivity index (χ3n) is 4.94. The van der Waals surface area contributed by atoms with E-state index in [1.807, 2.05) is 52.5 Å². The quantitative estimate of drug-likeness (QED) is 0.922. The molecule has 2 amide bonds. The van der Waals surface area contributed by atoms with Gasteiger partial charge in [0.05, 0.1) is 6.42 Å². The summed E-state index contributed by atoms with van der Waals surface area (Å²) in [6.45, 7) is 8.83. The molecule has 5 nitrogen and oxygen atoms in total. The molecule has 138 valence electrons. The Morgan fingerprint density at radius 3 is 2.12 bits per heavy atom. The highest BCUT2D eigenvalue weighted by atomic mass is 16.2. The molecule has 1 fully saturated rings. The second-order valence-electron chi connectivity index (χ2n) is 7.90. The topological polar surface area (TPSA) is 56.4 Å². The maximum atomic E-state index is 12.7. The lowest BCUT2D eigenvalue weighted by molar-refractivity contribution is -0.131. The maximum absolute atomic E-state index is 12.7. The number of aromatic amines is 1. The van der Waals surface area contributed by atoms with Crippen LogP contribution in [0.2, 0.25) is 0 Å². The largest absolute Gasteiger partial charge is 0.367 e. The molecular weight excluding hydrogens is 326 g/mol. The van der Waals surface area contributed by atoms with Crippen molar-refractivity contribution in [1.29, 1.82) is 0 Å². The van der Waals surface area contributed by atoms with Crippen LogP contribution in [-0.4, -0.2) is 52.8 Å². The number of nitrogens with one attached hydrogen (secondary N) is 1. The first kappa shape index (κ1) is 18.2. The van der Waals surface area contributed by atoms with Crippen molar-refractivity contribution < 1.29 is 9.59 Å². The predicted octanol–water partition coefficient (Wildman–Crippen LogP) is 2.84. The number of nitrogens with zero attached hydrogens (tertiary/aromatic N) is 2. The third kappa shape index (κ3) is 4.15. The zero-order chi connectivity index (χ0) is 18.7. The van der Waals surface area contributed by atoms with Gasteiger partial charge in [-0.1, -0.05) is 32.9 Å². The van der Waals surface area contributed by atoms with Crippen molar-refractivity contribution in [2.75, 3.05) is 26.2 Å². The molecule has 1 aliphatic rings. The highest BCUT2D eigenvalue weighted by Gasteiger charge is 2.25. The van der Waals surface area contributed by atoms with Crippen molar-refractivity contribution >= 4 is 11.8 Å². The molecule has 3 rings (SSSR count). The molecule has 1 N–H and O–H groups in total. The van der Waals surface area contributed by atoms with Gasteiger partial charge in [0.15, 0.2) is 0 Å². The third-order valence-corrected chi connectivity index (χ3v) is 4.94. The minimum absolute atomic E-state index is 0.0446. The van der Waals surface area contributed by atoms with Crippen molar-refractivity contribution in [2.24, 2.45) is 0 Å². The average Bonchev–Trinajstić information content (AvgIpc) is 3.13. The molecule has 1 aromatic heterocycles. The second kappa shape index (κ2) is 7.36. The van der Waals surface area contributed by atoms with E-state index in [0.717, 1.165) is 5.56 Å². The van der Waals surface area contributed by atoms with Crippen LogP contribution in [0.3, 0.4) is 0 Å².